The maximum Gasteiger partial charge on any atom is 0.288 e. The lowest BCUT2D eigenvalue weighted by molar-refractivity contribution is -0.124. The highest BCUT2D eigenvalue weighted by Gasteiger charge is 2.29. The predicted molar refractivity (Wildman–Crippen MR) is 85.3 cm³/mol. The van der Waals surface area contributed by atoms with Crippen molar-refractivity contribution in [2.75, 3.05) is 24.2 Å². The molecule has 8 heteroatoms. The van der Waals surface area contributed by atoms with E-state index in [-0.39, 0.29) is 16.9 Å². The maximum atomic E-state index is 11.5. The Labute approximate surface area is 133 Å². The zero-order chi connectivity index (χ0) is 14.8. The molecule has 21 heavy (non-hydrogen) atoms. The molecule has 1 aromatic carbocycles. The van der Waals surface area contributed by atoms with Crippen molar-refractivity contribution in [3.8, 4) is 0 Å². The van der Waals surface area contributed by atoms with Crippen LogP contribution in [0.3, 0.4) is 0 Å². The number of carbonyl (C=O) groups excluding carboxylic acids is 2. The maximum absolute atomic E-state index is 11.5. The van der Waals surface area contributed by atoms with E-state index in [1.54, 1.807) is 0 Å². The van der Waals surface area contributed by atoms with Gasteiger partial charge in [-0.05, 0) is 18.2 Å². The highest BCUT2D eigenvalue weighted by Crippen LogP contribution is 2.23. The molecule has 2 heterocycles. The molecular weight excluding hydrogens is 356 g/mol. The zero-order valence-corrected chi connectivity index (χ0v) is 13.3. The van der Waals surface area contributed by atoms with E-state index in [1.165, 1.54) is 11.2 Å². The first-order valence-corrected chi connectivity index (χ1v) is 8.04. The molecule has 2 aromatic rings. The van der Waals surface area contributed by atoms with Crippen LogP contribution in [0.2, 0.25) is 0 Å². The molecule has 2 amide bonds. The van der Waals surface area contributed by atoms with Crippen LogP contribution in [0.15, 0.2) is 29.0 Å². The van der Waals surface area contributed by atoms with Crippen LogP contribution in [-0.2, 0) is 4.79 Å². The summed E-state index contributed by atoms with van der Waals surface area (Å²) in [7, 11) is 0. The number of rotatable bonds is 4. The second-order valence-corrected chi connectivity index (χ2v) is 6.25. The van der Waals surface area contributed by atoms with Gasteiger partial charge >= 0.3 is 0 Å². The van der Waals surface area contributed by atoms with Gasteiger partial charge in [-0.15, -0.1) is 0 Å². The van der Waals surface area contributed by atoms with Crippen molar-refractivity contribution in [3.63, 3.8) is 0 Å². The van der Waals surface area contributed by atoms with Gasteiger partial charge in [0.15, 0.2) is 0 Å². The molecule has 6 nitrogen and oxygen atoms in total. The molecule has 1 saturated heterocycles. The van der Waals surface area contributed by atoms with Crippen molar-refractivity contribution in [1.82, 2.24) is 14.9 Å². The fourth-order valence-corrected chi connectivity index (χ4v) is 3.17. The Morgan fingerprint density at radius 3 is 2.95 bits per heavy atom. The third-order valence-electron chi connectivity index (χ3n) is 3.07. The summed E-state index contributed by atoms with van der Waals surface area (Å²) < 4.78 is 0.939. The molecule has 1 fully saturated rings. The molecule has 0 saturated carbocycles. The Balaban J connectivity index is 1.72. The number of halogens is 1. The summed E-state index contributed by atoms with van der Waals surface area (Å²) in [6, 6.07) is 5.74. The first-order valence-electron chi connectivity index (χ1n) is 6.26. The van der Waals surface area contributed by atoms with Crippen molar-refractivity contribution < 1.29 is 9.59 Å². The third kappa shape index (κ3) is 3.01. The van der Waals surface area contributed by atoms with Gasteiger partial charge in [-0.25, -0.2) is 9.97 Å². The van der Waals surface area contributed by atoms with Gasteiger partial charge in [-0.3, -0.25) is 14.5 Å². The molecule has 0 spiro atoms. The van der Waals surface area contributed by atoms with Gasteiger partial charge in [0.1, 0.15) is 12.1 Å². The van der Waals surface area contributed by atoms with Gasteiger partial charge in [0, 0.05) is 22.9 Å². The lowest BCUT2D eigenvalue weighted by atomic mass is 10.2. The number of benzene rings is 1. The number of nitrogens with one attached hydrogen (secondary N) is 1. The number of imide groups is 1. The van der Waals surface area contributed by atoms with Crippen LogP contribution in [0, 0.1) is 0 Å². The van der Waals surface area contributed by atoms with Gasteiger partial charge in [-0.2, -0.15) is 0 Å². The Morgan fingerprint density at radius 1 is 1.33 bits per heavy atom. The van der Waals surface area contributed by atoms with E-state index in [4.69, 9.17) is 0 Å². The predicted octanol–water partition coefficient (Wildman–Crippen LogP) is 2.50. The van der Waals surface area contributed by atoms with Crippen molar-refractivity contribution in [3.05, 3.63) is 29.0 Å². The third-order valence-corrected chi connectivity index (χ3v) is 4.42. The van der Waals surface area contributed by atoms with E-state index >= 15 is 0 Å². The number of carbonyl (C=O) groups is 2. The van der Waals surface area contributed by atoms with E-state index < -0.39 is 0 Å². The largest absolute Gasteiger partial charge is 0.368 e. The molecule has 0 radical (unpaired) electrons. The second-order valence-electron chi connectivity index (χ2n) is 4.41. The molecule has 1 aliphatic rings. The zero-order valence-electron chi connectivity index (χ0n) is 10.9. The number of aromatic nitrogens is 2. The SMILES string of the molecule is O=C1CSC(=O)N1CCNc1ncnc2ccc(Br)cc12. The molecule has 0 atom stereocenters. The van der Waals surface area contributed by atoms with Gasteiger partial charge in [0.25, 0.3) is 5.24 Å². The second kappa shape index (κ2) is 5.98. The molecule has 1 N–H and O–H groups in total. The lowest BCUT2D eigenvalue weighted by Gasteiger charge is -2.14. The smallest absolute Gasteiger partial charge is 0.288 e. The van der Waals surface area contributed by atoms with E-state index in [2.05, 4.69) is 31.2 Å². The van der Waals surface area contributed by atoms with Crippen molar-refractivity contribution in [1.29, 1.82) is 0 Å². The monoisotopic (exact) mass is 366 g/mol. The van der Waals surface area contributed by atoms with Crippen LogP contribution in [-0.4, -0.2) is 44.9 Å². The fourth-order valence-electron chi connectivity index (χ4n) is 2.05. The van der Waals surface area contributed by atoms with Crippen molar-refractivity contribution in [2.45, 2.75) is 0 Å². The van der Waals surface area contributed by atoms with Gasteiger partial charge < -0.3 is 5.32 Å². The Kier molecular flexibility index (Phi) is 4.07. The normalized spacial score (nSPS) is 15.0. The summed E-state index contributed by atoms with van der Waals surface area (Å²) in [5.41, 5.74) is 0.833. The molecule has 3 rings (SSSR count). The quantitative estimate of drug-likeness (QED) is 0.895. The standard InChI is InChI=1S/C13H11BrN4O2S/c14-8-1-2-10-9(5-8)12(17-7-16-10)15-3-4-18-11(19)6-21-13(18)20/h1-2,5,7H,3-4,6H2,(H,15,16,17). The van der Waals surface area contributed by atoms with E-state index in [0.717, 1.165) is 27.1 Å². The molecule has 1 aliphatic heterocycles. The first kappa shape index (κ1) is 14.3. The Bertz CT molecular complexity index is 708. The summed E-state index contributed by atoms with van der Waals surface area (Å²) in [4.78, 5) is 32.7. The number of thioether (sulfide) groups is 1. The molecule has 0 unspecified atom stereocenters. The van der Waals surface area contributed by atoms with Crippen LogP contribution in [0.1, 0.15) is 0 Å². The summed E-state index contributed by atoms with van der Waals surface area (Å²) in [6.07, 6.45) is 1.49. The van der Waals surface area contributed by atoms with Gasteiger partial charge in [0.05, 0.1) is 11.3 Å². The van der Waals surface area contributed by atoms with Crippen LogP contribution in [0.5, 0.6) is 0 Å². The fraction of sp³-hybridized carbons (Fsp3) is 0.231. The van der Waals surface area contributed by atoms with Gasteiger partial charge in [0.2, 0.25) is 5.91 Å². The van der Waals surface area contributed by atoms with Crippen LogP contribution < -0.4 is 5.32 Å². The number of fused-ring (bicyclic) bond motifs is 1. The highest BCUT2D eigenvalue weighted by atomic mass is 79.9. The van der Waals surface area contributed by atoms with Crippen LogP contribution >= 0.6 is 27.7 Å². The molecule has 1 aromatic heterocycles. The Morgan fingerprint density at radius 2 is 2.19 bits per heavy atom. The number of hydrogen-bond acceptors (Lipinski definition) is 6. The van der Waals surface area contributed by atoms with E-state index in [0.29, 0.717) is 18.9 Å². The van der Waals surface area contributed by atoms with Gasteiger partial charge in [-0.1, -0.05) is 27.7 Å². The summed E-state index contributed by atoms with van der Waals surface area (Å²) in [5, 5.41) is 3.86. The summed E-state index contributed by atoms with van der Waals surface area (Å²) >= 11 is 4.46. The van der Waals surface area contributed by atoms with E-state index in [1.807, 2.05) is 18.2 Å². The van der Waals surface area contributed by atoms with Crippen LogP contribution in [0.4, 0.5) is 10.6 Å². The number of nitrogens with zero attached hydrogens (tertiary/aromatic N) is 3. The number of anilines is 1. The average molecular weight is 367 g/mol. The summed E-state index contributed by atoms with van der Waals surface area (Å²) in [5.74, 6) is 0.789. The first-order chi connectivity index (χ1) is 10.1. The molecule has 0 bridgehead atoms. The van der Waals surface area contributed by atoms with Crippen molar-refractivity contribution >= 4 is 55.6 Å². The average Bonchev–Trinajstić information content (AvgIpc) is 2.79. The number of amides is 2. The minimum Gasteiger partial charge on any atom is -0.368 e. The number of hydrogen-bond donors (Lipinski definition) is 1. The molecule has 108 valence electrons. The minimum atomic E-state index is -0.183. The van der Waals surface area contributed by atoms with Crippen LogP contribution in [0.25, 0.3) is 10.9 Å². The minimum absolute atomic E-state index is 0.137. The topological polar surface area (TPSA) is 75.2 Å². The Hall–Kier alpha value is -1.67. The van der Waals surface area contributed by atoms with E-state index in [9.17, 15) is 9.59 Å². The molecular formula is C13H11BrN4O2S. The summed E-state index contributed by atoms with van der Waals surface area (Å²) in [6.45, 7) is 0.792. The van der Waals surface area contributed by atoms with Crippen molar-refractivity contribution in [2.24, 2.45) is 0 Å². The highest BCUT2D eigenvalue weighted by molar-refractivity contribution is 9.10. The molecule has 0 aliphatic carbocycles. The lowest BCUT2D eigenvalue weighted by Crippen LogP contribution is -2.33.